The number of nitrogens with zero attached hydrogens (tertiary/aromatic N) is 5. The molecule has 0 atom stereocenters. The third-order valence-corrected chi connectivity index (χ3v) is 4.95. The van der Waals surface area contributed by atoms with E-state index in [1.54, 1.807) is 12.4 Å². The second kappa shape index (κ2) is 6.57. The van der Waals surface area contributed by atoms with Gasteiger partial charge in [-0.15, -0.1) is 16.4 Å². The first-order valence-electron chi connectivity index (χ1n) is 7.01. The van der Waals surface area contributed by atoms with Crippen molar-refractivity contribution >= 4 is 28.8 Å². The summed E-state index contributed by atoms with van der Waals surface area (Å²) >= 11 is 2.70. The van der Waals surface area contributed by atoms with Crippen molar-refractivity contribution in [3.63, 3.8) is 0 Å². The van der Waals surface area contributed by atoms with Gasteiger partial charge >= 0.3 is 0 Å². The topological polar surface area (TPSA) is 105 Å². The summed E-state index contributed by atoms with van der Waals surface area (Å²) < 4.78 is 3.84. The van der Waals surface area contributed by atoms with E-state index in [0.717, 1.165) is 15.6 Å². The van der Waals surface area contributed by atoms with E-state index in [1.807, 2.05) is 13.8 Å². The van der Waals surface area contributed by atoms with Gasteiger partial charge in [-0.3, -0.25) is 9.59 Å². The summed E-state index contributed by atoms with van der Waals surface area (Å²) in [4.78, 5) is 38.1. The molecule has 10 heteroatoms. The molecule has 0 saturated carbocycles. The number of nitrogens with one attached hydrogen (secondary N) is 1. The van der Waals surface area contributed by atoms with Crippen LogP contribution in [0.4, 0.5) is 0 Å². The summed E-state index contributed by atoms with van der Waals surface area (Å²) in [6.45, 7) is 4.04. The molecule has 0 fully saturated rings. The summed E-state index contributed by atoms with van der Waals surface area (Å²) in [5, 5.41) is 6.59. The largest absolute Gasteiger partial charge is 0.336 e. The van der Waals surface area contributed by atoms with Gasteiger partial charge in [0.15, 0.2) is 5.82 Å². The number of aryl methyl sites for hydroxylation is 2. The van der Waals surface area contributed by atoms with Gasteiger partial charge in [0.1, 0.15) is 11.3 Å². The number of hydrogen-bond acceptors (Lipinski definition) is 8. The summed E-state index contributed by atoms with van der Waals surface area (Å²) in [6, 6.07) is 0. The minimum atomic E-state index is -0.485. The van der Waals surface area contributed by atoms with E-state index in [4.69, 9.17) is 0 Å². The van der Waals surface area contributed by atoms with E-state index >= 15 is 0 Å². The molecule has 0 bridgehead atoms. The van der Waals surface area contributed by atoms with Crippen molar-refractivity contribution in [3.8, 4) is 11.5 Å². The van der Waals surface area contributed by atoms with Crippen molar-refractivity contribution in [3.05, 3.63) is 43.1 Å². The first-order chi connectivity index (χ1) is 11.5. The zero-order chi connectivity index (χ0) is 17.3. The van der Waals surface area contributed by atoms with Crippen molar-refractivity contribution in [2.75, 3.05) is 7.05 Å². The van der Waals surface area contributed by atoms with Crippen LogP contribution in [0.2, 0.25) is 0 Å². The van der Waals surface area contributed by atoms with Crippen LogP contribution >= 0.6 is 22.9 Å². The fourth-order valence-electron chi connectivity index (χ4n) is 2.04. The average molecular weight is 362 g/mol. The molecule has 1 amide bonds. The second-order valence-electron chi connectivity index (χ2n) is 5.17. The molecule has 8 nitrogen and oxygen atoms in total. The molecule has 3 rings (SSSR count). The van der Waals surface area contributed by atoms with Gasteiger partial charge in [-0.25, -0.2) is 9.97 Å². The van der Waals surface area contributed by atoms with Gasteiger partial charge in [0.05, 0.1) is 22.1 Å². The molecule has 0 aromatic carbocycles. The monoisotopic (exact) mass is 362 g/mol. The lowest BCUT2D eigenvalue weighted by Gasteiger charge is -2.15. The molecule has 124 valence electrons. The normalized spacial score (nSPS) is 10.8. The van der Waals surface area contributed by atoms with Gasteiger partial charge < -0.3 is 9.88 Å². The maximum Gasteiger partial charge on any atom is 0.264 e. The summed E-state index contributed by atoms with van der Waals surface area (Å²) in [5.74, 6) is -0.0522. The number of carbonyl (C=O) groups excluding carboxylic acids is 1. The van der Waals surface area contributed by atoms with Crippen molar-refractivity contribution < 1.29 is 4.79 Å². The zero-order valence-electron chi connectivity index (χ0n) is 13.2. The predicted molar refractivity (Wildman–Crippen MR) is 91.1 cm³/mol. The minimum Gasteiger partial charge on any atom is -0.336 e. The van der Waals surface area contributed by atoms with Crippen LogP contribution in [-0.2, 0) is 6.54 Å². The predicted octanol–water partition coefficient (Wildman–Crippen LogP) is 1.63. The molecular weight excluding hydrogens is 348 g/mol. The Bertz CT molecular complexity index is 945. The molecule has 0 aliphatic carbocycles. The standard InChI is InChI=1S/C14H14N6O2S2/c1-7-11(24-19-18-7)5-20(3)14(22)9-4-15-12(17-13(9)21)10-6-23-8(2)16-10/h4,6H,5H2,1-3H3,(H,15,17,21). The molecule has 0 aliphatic rings. The maximum atomic E-state index is 12.5. The molecule has 1 N–H and O–H groups in total. The first kappa shape index (κ1) is 16.4. The SMILES string of the molecule is Cc1nc(-c2ncc(C(=O)N(C)Cc3snnc3C)c(=O)[nH]2)cs1. The van der Waals surface area contributed by atoms with E-state index < -0.39 is 11.5 Å². The van der Waals surface area contributed by atoms with Gasteiger partial charge in [0.25, 0.3) is 11.5 Å². The second-order valence-corrected chi connectivity index (χ2v) is 7.07. The Morgan fingerprint density at radius 2 is 2.17 bits per heavy atom. The van der Waals surface area contributed by atoms with Gasteiger partial charge in [-0.05, 0) is 25.4 Å². The highest BCUT2D eigenvalue weighted by atomic mass is 32.1. The van der Waals surface area contributed by atoms with Crippen LogP contribution in [0.15, 0.2) is 16.4 Å². The fourth-order valence-corrected chi connectivity index (χ4v) is 3.32. The van der Waals surface area contributed by atoms with Crippen LogP contribution in [0.3, 0.4) is 0 Å². The third-order valence-electron chi connectivity index (χ3n) is 3.36. The number of aromatic amines is 1. The first-order valence-corrected chi connectivity index (χ1v) is 8.66. The molecule has 3 heterocycles. The molecule has 0 spiro atoms. The summed E-state index contributed by atoms with van der Waals surface area (Å²) in [7, 11) is 1.62. The molecule has 24 heavy (non-hydrogen) atoms. The van der Waals surface area contributed by atoms with Gasteiger partial charge in [0.2, 0.25) is 0 Å². The summed E-state index contributed by atoms with van der Waals surface area (Å²) in [5.41, 5.74) is 0.874. The molecule has 3 aromatic rings. The van der Waals surface area contributed by atoms with E-state index in [1.165, 1.54) is 34.0 Å². The Morgan fingerprint density at radius 1 is 1.38 bits per heavy atom. The number of H-pyrrole nitrogens is 1. The molecule has 0 unspecified atom stereocenters. The van der Waals surface area contributed by atoms with Crippen molar-refractivity contribution in [1.29, 1.82) is 0 Å². The molecule has 0 saturated heterocycles. The molecule has 0 radical (unpaired) electrons. The number of carbonyl (C=O) groups is 1. The van der Waals surface area contributed by atoms with Crippen LogP contribution in [0.25, 0.3) is 11.5 Å². The quantitative estimate of drug-likeness (QED) is 0.756. The Kier molecular flexibility index (Phi) is 4.49. The highest BCUT2D eigenvalue weighted by Crippen LogP contribution is 2.17. The van der Waals surface area contributed by atoms with Crippen molar-refractivity contribution in [1.82, 2.24) is 29.4 Å². The smallest absolute Gasteiger partial charge is 0.264 e. The van der Waals surface area contributed by atoms with Crippen LogP contribution in [0.5, 0.6) is 0 Å². The highest BCUT2D eigenvalue weighted by Gasteiger charge is 2.19. The average Bonchev–Trinajstić information content (AvgIpc) is 3.15. The van der Waals surface area contributed by atoms with Crippen LogP contribution in [-0.4, -0.2) is 42.4 Å². The third kappa shape index (κ3) is 3.24. The molecule has 0 aliphatic heterocycles. The Balaban J connectivity index is 1.82. The highest BCUT2D eigenvalue weighted by molar-refractivity contribution is 7.09. The number of thiazole rings is 1. The number of hydrogen-bond donors (Lipinski definition) is 1. The molecular formula is C14H14N6O2S2. The van der Waals surface area contributed by atoms with E-state index in [-0.39, 0.29) is 5.56 Å². The van der Waals surface area contributed by atoms with E-state index in [0.29, 0.717) is 18.1 Å². The number of rotatable bonds is 4. The van der Waals surface area contributed by atoms with E-state index in [2.05, 4.69) is 24.5 Å². The summed E-state index contributed by atoms with van der Waals surface area (Å²) in [6.07, 6.45) is 1.29. The lowest BCUT2D eigenvalue weighted by atomic mass is 10.2. The van der Waals surface area contributed by atoms with Gasteiger partial charge in [-0.2, -0.15) is 0 Å². The minimum absolute atomic E-state index is 0.0108. The fraction of sp³-hybridized carbons (Fsp3) is 0.286. The molecule has 3 aromatic heterocycles. The van der Waals surface area contributed by atoms with Crippen LogP contribution in [0.1, 0.15) is 25.9 Å². The van der Waals surface area contributed by atoms with Crippen LogP contribution in [0, 0.1) is 13.8 Å². The maximum absolute atomic E-state index is 12.5. The van der Waals surface area contributed by atoms with Gasteiger partial charge in [-0.1, -0.05) is 4.49 Å². The van der Waals surface area contributed by atoms with Crippen molar-refractivity contribution in [2.45, 2.75) is 20.4 Å². The van der Waals surface area contributed by atoms with Crippen LogP contribution < -0.4 is 5.56 Å². The van der Waals surface area contributed by atoms with E-state index in [9.17, 15) is 9.59 Å². The number of amides is 1. The zero-order valence-corrected chi connectivity index (χ0v) is 14.9. The Labute approximate surface area is 145 Å². The lowest BCUT2D eigenvalue weighted by Crippen LogP contribution is -2.31. The number of aromatic nitrogens is 5. The Hall–Kier alpha value is -2.46. The lowest BCUT2D eigenvalue weighted by molar-refractivity contribution is 0.0784. The van der Waals surface area contributed by atoms with Crippen molar-refractivity contribution in [2.24, 2.45) is 0 Å². The van der Waals surface area contributed by atoms with Gasteiger partial charge in [0, 0.05) is 18.6 Å². The Morgan fingerprint density at radius 3 is 2.75 bits per heavy atom.